The molecule has 9 aliphatic heterocycles. The number of hydrogen-bond acceptors (Lipinski definition) is 11. The fraction of sp³-hybridized carbons (Fsp3) is 1.00. The number of likely N-dealkylation sites (N-methyl/N-ethyl adjacent to an activating group) is 3. The first kappa shape index (κ1) is 97.7. The van der Waals surface area contributed by atoms with E-state index in [-0.39, 0.29) is 29.7 Å². The van der Waals surface area contributed by atoms with E-state index in [9.17, 15) is 0 Å². The SMILES string of the molecule is C.C.C.C.CC.CC.CC.CC.CC.CC.CC.CC.CN1CC2(CCC2)C1.CN1CC2(CCC2)C1.CN1CC2(CCC2)C1.CN1CCC1.CN1CCC1.CN1CCC1.CN1CCC1.CN1CCN(C)CC1.CN1CCOCC1. The Balaban J connectivity index is -0.0000000964. The Hall–Kier alpha value is -0.440. The van der Waals surface area contributed by atoms with Crippen LogP contribution in [0.15, 0.2) is 0 Å². The van der Waals surface area contributed by atoms with Crippen molar-refractivity contribution in [3.05, 3.63) is 0 Å². The summed E-state index contributed by atoms with van der Waals surface area (Å²) in [7, 11) is 21.7. The van der Waals surface area contributed by atoms with Gasteiger partial charge in [0.25, 0.3) is 0 Å². The number of morpholine rings is 1. The molecule has 3 aliphatic carbocycles. The average molecular weight is 1140 g/mol. The Morgan fingerprint density at radius 2 is 0.342 bits per heavy atom. The predicted octanol–water partition coefficient (Wildman–Crippen LogP) is 15.2. The van der Waals surface area contributed by atoms with Gasteiger partial charge in [-0.1, -0.05) is 160 Å². The van der Waals surface area contributed by atoms with Crippen LogP contribution in [0.5, 0.6) is 0 Å². The zero-order valence-corrected chi connectivity index (χ0v) is 57.1. The van der Waals surface area contributed by atoms with Gasteiger partial charge in [-0.05, 0) is 203 Å². The zero-order valence-electron chi connectivity index (χ0n) is 57.1. The molecule has 0 radical (unpaired) electrons. The molecule has 12 aliphatic rings. The van der Waals surface area contributed by atoms with Gasteiger partial charge in [0, 0.05) is 78.5 Å². The molecule has 9 saturated heterocycles. The highest BCUT2D eigenvalue weighted by molar-refractivity contribution is 5.00. The van der Waals surface area contributed by atoms with E-state index in [0.717, 1.165) is 42.5 Å². The average Bonchev–Trinajstić information content (AvgIpc) is 3.36. The molecular weight excluding hydrogens is 973 g/mol. The summed E-state index contributed by atoms with van der Waals surface area (Å²) in [6.45, 7) is 59.8. The Bertz CT molecular complexity index is 928. The van der Waals surface area contributed by atoms with Crippen LogP contribution in [-0.2, 0) is 4.74 Å². The highest BCUT2D eigenvalue weighted by Gasteiger charge is 2.46. The van der Waals surface area contributed by atoms with Crippen molar-refractivity contribution in [3.8, 4) is 0 Å². The standard InChI is InChI=1S/3C7H13N.C6H14N2.C5H11NO.4C4H9N.8C2H6.4CH4/c3*1-8-5-7(6-8)3-2-4-7;1-7-3-5-8(2)6-4-7;1-6-2-4-7-5-3-6;4*1-5-3-2-4-5;8*1-2;;;;/h3*2-6H2,1H3;3-6H2,1-2H3;2-5H2,1H3;4*2-4H2,1H3;8*1-2H3;4*1H4. The van der Waals surface area contributed by atoms with E-state index < -0.39 is 0 Å². The molecule has 3 saturated carbocycles. The summed E-state index contributed by atoms with van der Waals surface area (Å²) in [6.07, 6.45) is 19.2. The van der Waals surface area contributed by atoms with Crippen LogP contribution in [0.4, 0.5) is 0 Å². The van der Waals surface area contributed by atoms with Crippen LogP contribution in [0.2, 0.25) is 0 Å². The molecule has 12 fully saturated rings. The molecule has 0 aromatic rings. The molecule has 9 heterocycles. The summed E-state index contributed by atoms with van der Waals surface area (Å²) < 4.78 is 5.10. The minimum Gasteiger partial charge on any atom is -0.379 e. The van der Waals surface area contributed by atoms with Gasteiger partial charge in [0.05, 0.1) is 13.2 Å². The van der Waals surface area contributed by atoms with E-state index in [2.05, 4.69) is 119 Å². The topological polar surface area (TPSA) is 41.6 Å². The van der Waals surface area contributed by atoms with Crippen molar-refractivity contribution in [2.75, 3.05) is 215 Å². The summed E-state index contributed by atoms with van der Waals surface area (Å²) in [4.78, 5) is 23.5. The van der Waals surface area contributed by atoms with E-state index in [4.69, 9.17) is 4.74 Å². The van der Waals surface area contributed by atoms with Crippen molar-refractivity contribution >= 4 is 0 Å². The lowest BCUT2D eigenvalue weighted by atomic mass is 9.64. The molecule has 0 aromatic carbocycles. The van der Waals surface area contributed by atoms with Crippen LogP contribution in [0.1, 0.15) is 224 Å². The molecule has 0 bridgehead atoms. The zero-order chi connectivity index (χ0) is 58.7. The van der Waals surface area contributed by atoms with Crippen molar-refractivity contribution in [1.82, 2.24) is 49.0 Å². The summed E-state index contributed by atoms with van der Waals surface area (Å²) in [5.41, 5.74) is 2.53. The van der Waals surface area contributed by atoms with Gasteiger partial charge in [0.1, 0.15) is 0 Å². The second-order valence-corrected chi connectivity index (χ2v) is 21.7. The van der Waals surface area contributed by atoms with Crippen molar-refractivity contribution in [2.24, 2.45) is 16.2 Å². The third-order valence-corrected chi connectivity index (χ3v) is 15.2. The summed E-state index contributed by atoms with van der Waals surface area (Å²) in [6, 6.07) is 0. The molecular formula is C68H164N10O. The fourth-order valence-corrected chi connectivity index (χ4v) is 9.73. The van der Waals surface area contributed by atoms with E-state index in [1.807, 2.05) is 111 Å². The summed E-state index contributed by atoms with van der Waals surface area (Å²) >= 11 is 0. The molecule has 12 rings (SSSR count). The van der Waals surface area contributed by atoms with Gasteiger partial charge in [-0.2, -0.15) is 0 Å². The molecule has 0 atom stereocenters. The van der Waals surface area contributed by atoms with Gasteiger partial charge < -0.3 is 53.7 Å². The summed E-state index contributed by atoms with van der Waals surface area (Å²) in [5, 5.41) is 0. The maximum atomic E-state index is 5.10. The first-order chi connectivity index (χ1) is 36.2. The number of nitrogens with zero attached hydrogens (tertiary/aromatic N) is 10. The molecule has 0 N–H and O–H groups in total. The third-order valence-electron chi connectivity index (χ3n) is 15.2. The molecule has 0 amide bonds. The molecule has 3 spiro atoms. The molecule has 0 aromatic heterocycles. The Labute approximate surface area is 506 Å². The molecule has 0 unspecified atom stereocenters. The van der Waals surface area contributed by atoms with E-state index >= 15 is 0 Å². The fourth-order valence-electron chi connectivity index (χ4n) is 9.73. The van der Waals surface area contributed by atoms with Gasteiger partial charge >= 0.3 is 0 Å². The maximum Gasteiger partial charge on any atom is 0.0594 e. The van der Waals surface area contributed by atoms with Crippen LogP contribution in [0.3, 0.4) is 0 Å². The van der Waals surface area contributed by atoms with Crippen LogP contribution in [0.25, 0.3) is 0 Å². The van der Waals surface area contributed by atoms with Crippen LogP contribution in [0, 0.1) is 16.2 Å². The largest absolute Gasteiger partial charge is 0.379 e. The first-order valence-corrected chi connectivity index (χ1v) is 32.6. The van der Waals surface area contributed by atoms with Gasteiger partial charge in [0.2, 0.25) is 0 Å². The maximum absolute atomic E-state index is 5.10. The van der Waals surface area contributed by atoms with Gasteiger partial charge in [0.15, 0.2) is 0 Å². The van der Waals surface area contributed by atoms with Gasteiger partial charge in [-0.15, -0.1) is 0 Å². The second-order valence-electron chi connectivity index (χ2n) is 21.7. The highest BCUT2D eigenvalue weighted by Crippen LogP contribution is 2.48. The third kappa shape index (κ3) is 48.5. The van der Waals surface area contributed by atoms with Crippen LogP contribution >= 0.6 is 0 Å². The van der Waals surface area contributed by atoms with Gasteiger partial charge in [-0.25, -0.2) is 0 Å². The lowest BCUT2D eigenvalue weighted by molar-refractivity contribution is -0.0437. The Kier molecular flexibility index (Phi) is 80.5. The predicted molar refractivity (Wildman–Crippen MR) is 371 cm³/mol. The minimum atomic E-state index is 0. The number of hydrogen-bond donors (Lipinski definition) is 0. The Morgan fingerprint density at radius 3 is 0.405 bits per heavy atom. The normalized spacial score (nSPS) is 22.4. The van der Waals surface area contributed by atoms with E-state index in [0.29, 0.717) is 0 Å². The Morgan fingerprint density at radius 1 is 0.203 bits per heavy atom. The molecule has 492 valence electrons. The molecule has 79 heavy (non-hydrogen) atoms. The smallest absolute Gasteiger partial charge is 0.0594 e. The lowest BCUT2D eigenvalue weighted by Gasteiger charge is -2.54. The minimum absolute atomic E-state index is 0. The second kappa shape index (κ2) is 65.1. The van der Waals surface area contributed by atoms with E-state index in [1.165, 1.54) is 201 Å². The number of piperazine rings is 1. The number of rotatable bonds is 0. The monoisotopic (exact) mass is 1140 g/mol. The van der Waals surface area contributed by atoms with Crippen molar-refractivity contribution < 1.29 is 4.74 Å². The van der Waals surface area contributed by atoms with Crippen LogP contribution in [-0.4, -0.2) is 264 Å². The quantitative estimate of drug-likeness (QED) is 0.233. The van der Waals surface area contributed by atoms with Crippen molar-refractivity contribution in [3.63, 3.8) is 0 Å². The number of ether oxygens (including phenoxy) is 1. The van der Waals surface area contributed by atoms with E-state index in [1.54, 1.807) is 0 Å². The van der Waals surface area contributed by atoms with Gasteiger partial charge in [-0.3, -0.25) is 0 Å². The first-order valence-electron chi connectivity index (χ1n) is 32.6. The van der Waals surface area contributed by atoms with Crippen LogP contribution < -0.4 is 0 Å². The highest BCUT2D eigenvalue weighted by atomic mass is 16.5. The number of likely N-dealkylation sites (tertiary alicyclic amines) is 7. The van der Waals surface area contributed by atoms with Crippen molar-refractivity contribution in [2.45, 2.75) is 224 Å². The summed E-state index contributed by atoms with van der Waals surface area (Å²) in [5.74, 6) is 0. The lowest BCUT2D eigenvalue weighted by Crippen LogP contribution is -2.57. The molecule has 11 heteroatoms. The molecule has 11 nitrogen and oxygen atoms in total. The van der Waals surface area contributed by atoms with Crippen molar-refractivity contribution in [1.29, 1.82) is 0 Å².